The van der Waals surface area contributed by atoms with Gasteiger partial charge in [0.25, 0.3) is 5.91 Å². The van der Waals surface area contributed by atoms with Crippen LogP contribution in [0.1, 0.15) is 62.1 Å². The molecule has 1 aromatic rings. The van der Waals surface area contributed by atoms with Gasteiger partial charge in [0.1, 0.15) is 4.90 Å². The van der Waals surface area contributed by atoms with Crippen LogP contribution in [0.4, 0.5) is 0 Å². The third-order valence-electron chi connectivity index (χ3n) is 3.91. The van der Waals surface area contributed by atoms with E-state index in [1.165, 1.54) is 0 Å². The number of hydrogen-bond acceptors (Lipinski definition) is 4. The van der Waals surface area contributed by atoms with Crippen molar-refractivity contribution < 1.29 is 13.2 Å². The monoisotopic (exact) mass is 314 g/mol. The maximum Gasteiger partial charge on any atom is 0.273 e. The van der Waals surface area contributed by atoms with Gasteiger partial charge in [-0.1, -0.05) is 26.2 Å². The van der Waals surface area contributed by atoms with Crippen LogP contribution in [0.15, 0.2) is 4.90 Å². The molecule has 1 fully saturated rings. The Balaban J connectivity index is 2.33. The van der Waals surface area contributed by atoms with Crippen molar-refractivity contribution in [3.8, 4) is 0 Å². The third kappa shape index (κ3) is 3.44. The summed E-state index contributed by atoms with van der Waals surface area (Å²) in [6.45, 7) is 3.88. The molecule has 2 rings (SSSR count). The summed E-state index contributed by atoms with van der Waals surface area (Å²) in [5.74, 6) is -0.484. The van der Waals surface area contributed by atoms with Crippen LogP contribution in [0, 0.1) is 0 Å². The number of primary sulfonamides is 1. The number of amides is 1. The molecule has 7 nitrogen and oxygen atoms in total. The molecule has 1 saturated carbocycles. The molecule has 0 atom stereocenters. The number of aromatic nitrogens is 2. The van der Waals surface area contributed by atoms with E-state index in [2.05, 4.69) is 15.5 Å². The first-order valence-electron chi connectivity index (χ1n) is 7.19. The number of H-pyrrole nitrogens is 1. The van der Waals surface area contributed by atoms with Crippen LogP contribution in [0.25, 0.3) is 0 Å². The molecular formula is C13H22N4O3S. The molecule has 1 heterocycles. The van der Waals surface area contributed by atoms with Crippen molar-refractivity contribution in [1.82, 2.24) is 15.5 Å². The van der Waals surface area contributed by atoms with Gasteiger partial charge in [-0.25, -0.2) is 13.6 Å². The van der Waals surface area contributed by atoms with Gasteiger partial charge in [0.15, 0.2) is 5.69 Å². The van der Waals surface area contributed by atoms with E-state index < -0.39 is 15.9 Å². The average molecular weight is 314 g/mol. The number of nitrogens with two attached hydrogens (primary N) is 1. The SMILES string of the molecule is CCCc1[nH]nc(C(=O)NC2(C)CCCC2)c1S(N)(=O)=O. The highest BCUT2D eigenvalue weighted by Crippen LogP contribution is 2.29. The predicted molar refractivity (Wildman–Crippen MR) is 78.3 cm³/mol. The van der Waals surface area contributed by atoms with Gasteiger partial charge in [0, 0.05) is 5.54 Å². The second-order valence-corrected chi connectivity index (χ2v) is 7.40. The molecule has 118 valence electrons. The summed E-state index contributed by atoms with van der Waals surface area (Å²) >= 11 is 0. The van der Waals surface area contributed by atoms with Crippen LogP contribution in [0.3, 0.4) is 0 Å². The lowest BCUT2D eigenvalue weighted by Crippen LogP contribution is -2.44. The highest BCUT2D eigenvalue weighted by atomic mass is 32.2. The van der Waals surface area contributed by atoms with E-state index in [1.807, 2.05) is 13.8 Å². The number of hydrogen-bond donors (Lipinski definition) is 3. The second-order valence-electron chi connectivity index (χ2n) is 5.90. The lowest BCUT2D eigenvalue weighted by atomic mass is 10.0. The van der Waals surface area contributed by atoms with Crippen LogP contribution in [-0.2, 0) is 16.4 Å². The maximum absolute atomic E-state index is 12.4. The van der Waals surface area contributed by atoms with Gasteiger partial charge < -0.3 is 5.32 Å². The van der Waals surface area contributed by atoms with E-state index in [4.69, 9.17) is 5.14 Å². The first-order valence-corrected chi connectivity index (χ1v) is 8.74. The number of nitrogens with zero attached hydrogens (tertiary/aromatic N) is 1. The molecule has 0 unspecified atom stereocenters. The Labute approximate surface area is 124 Å². The minimum atomic E-state index is -4.00. The molecular weight excluding hydrogens is 292 g/mol. The number of nitrogens with one attached hydrogen (secondary N) is 2. The fourth-order valence-corrected chi connectivity index (χ4v) is 3.76. The Hall–Kier alpha value is -1.41. The zero-order valence-corrected chi connectivity index (χ0v) is 13.2. The summed E-state index contributed by atoms with van der Waals surface area (Å²) in [6.07, 6.45) is 5.08. The normalized spacial score (nSPS) is 17.9. The summed E-state index contributed by atoms with van der Waals surface area (Å²) in [5, 5.41) is 14.7. The minimum absolute atomic E-state index is 0.130. The number of carbonyl (C=O) groups is 1. The Morgan fingerprint density at radius 3 is 2.57 bits per heavy atom. The fraction of sp³-hybridized carbons (Fsp3) is 0.692. The van der Waals surface area contributed by atoms with Gasteiger partial charge in [-0.05, 0) is 26.2 Å². The number of carbonyl (C=O) groups excluding carboxylic acids is 1. The first-order chi connectivity index (χ1) is 9.77. The molecule has 4 N–H and O–H groups in total. The average Bonchev–Trinajstić information content (AvgIpc) is 2.95. The van der Waals surface area contributed by atoms with E-state index >= 15 is 0 Å². The van der Waals surface area contributed by atoms with Crippen molar-refractivity contribution >= 4 is 15.9 Å². The van der Waals surface area contributed by atoms with Crippen molar-refractivity contribution in [3.05, 3.63) is 11.4 Å². The van der Waals surface area contributed by atoms with E-state index in [9.17, 15) is 13.2 Å². The van der Waals surface area contributed by atoms with Gasteiger partial charge in [0.2, 0.25) is 10.0 Å². The number of aryl methyl sites for hydroxylation is 1. The molecule has 1 aromatic heterocycles. The summed E-state index contributed by atoms with van der Waals surface area (Å²) < 4.78 is 23.5. The summed E-state index contributed by atoms with van der Waals surface area (Å²) in [4.78, 5) is 12.2. The van der Waals surface area contributed by atoms with E-state index in [-0.39, 0.29) is 16.1 Å². The highest BCUT2D eigenvalue weighted by molar-refractivity contribution is 7.89. The fourth-order valence-electron chi connectivity index (χ4n) is 2.86. The molecule has 0 aromatic carbocycles. The lowest BCUT2D eigenvalue weighted by molar-refractivity contribution is 0.0899. The van der Waals surface area contributed by atoms with E-state index in [1.54, 1.807) is 0 Å². The molecule has 0 aliphatic heterocycles. The van der Waals surface area contributed by atoms with Crippen molar-refractivity contribution in [1.29, 1.82) is 0 Å². The Morgan fingerprint density at radius 1 is 1.43 bits per heavy atom. The van der Waals surface area contributed by atoms with Gasteiger partial charge >= 0.3 is 0 Å². The molecule has 1 amide bonds. The van der Waals surface area contributed by atoms with E-state index in [0.717, 1.165) is 32.1 Å². The Kier molecular flexibility index (Phi) is 4.38. The van der Waals surface area contributed by atoms with E-state index in [0.29, 0.717) is 12.1 Å². The van der Waals surface area contributed by atoms with Gasteiger partial charge in [-0.15, -0.1) is 0 Å². The molecule has 0 saturated heterocycles. The van der Waals surface area contributed by atoms with Crippen LogP contribution < -0.4 is 10.5 Å². The number of rotatable bonds is 5. The third-order valence-corrected chi connectivity index (χ3v) is 4.92. The Morgan fingerprint density at radius 2 is 2.05 bits per heavy atom. The van der Waals surface area contributed by atoms with Crippen LogP contribution in [0.2, 0.25) is 0 Å². The summed E-state index contributed by atoms with van der Waals surface area (Å²) in [6, 6.07) is 0. The zero-order chi connectivity index (χ0) is 15.7. The smallest absolute Gasteiger partial charge is 0.273 e. The highest BCUT2D eigenvalue weighted by Gasteiger charge is 2.34. The summed E-state index contributed by atoms with van der Waals surface area (Å²) in [5.41, 5.74) is -0.0351. The van der Waals surface area contributed by atoms with Gasteiger partial charge in [0.05, 0.1) is 5.69 Å². The lowest BCUT2D eigenvalue weighted by Gasteiger charge is -2.24. The molecule has 0 bridgehead atoms. The number of sulfonamides is 1. The quantitative estimate of drug-likeness (QED) is 0.753. The topological polar surface area (TPSA) is 118 Å². The van der Waals surface area contributed by atoms with Crippen LogP contribution >= 0.6 is 0 Å². The maximum atomic E-state index is 12.4. The standard InChI is InChI=1S/C13H22N4O3S/c1-3-6-9-11(21(14,19)20)10(17-16-9)12(18)15-13(2)7-4-5-8-13/h3-8H2,1-2H3,(H,15,18)(H,16,17)(H2,14,19,20). The predicted octanol–water partition coefficient (Wildman–Crippen LogP) is 1.07. The van der Waals surface area contributed by atoms with Crippen LogP contribution in [0.5, 0.6) is 0 Å². The molecule has 1 aliphatic rings. The zero-order valence-electron chi connectivity index (χ0n) is 12.4. The molecule has 0 spiro atoms. The van der Waals surface area contributed by atoms with Gasteiger partial charge in [-0.3, -0.25) is 9.89 Å². The number of aromatic amines is 1. The van der Waals surface area contributed by atoms with Crippen molar-refractivity contribution in [2.45, 2.75) is 62.8 Å². The van der Waals surface area contributed by atoms with Crippen molar-refractivity contribution in [2.24, 2.45) is 5.14 Å². The molecule has 0 radical (unpaired) electrons. The largest absolute Gasteiger partial charge is 0.345 e. The molecule has 21 heavy (non-hydrogen) atoms. The minimum Gasteiger partial charge on any atom is -0.345 e. The first kappa shape index (κ1) is 16.0. The molecule has 1 aliphatic carbocycles. The Bertz CT molecular complexity index is 630. The summed E-state index contributed by atoms with van der Waals surface area (Å²) in [7, 11) is -4.00. The van der Waals surface area contributed by atoms with Gasteiger partial charge in [-0.2, -0.15) is 5.10 Å². The molecule has 8 heteroatoms. The second kappa shape index (κ2) is 5.76. The van der Waals surface area contributed by atoms with Crippen LogP contribution in [-0.4, -0.2) is 30.1 Å². The van der Waals surface area contributed by atoms with Crippen molar-refractivity contribution in [2.75, 3.05) is 0 Å². The van der Waals surface area contributed by atoms with Crippen molar-refractivity contribution in [3.63, 3.8) is 0 Å².